The van der Waals surface area contributed by atoms with E-state index in [1.807, 2.05) is 6.92 Å². The summed E-state index contributed by atoms with van der Waals surface area (Å²) in [7, 11) is 0. The van der Waals surface area contributed by atoms with Crippen LogP contribution in [0.25, 0.3) is 11.5 Å². The van der Waals surface area contributed by atoms with Crippen LogP contribution in [-0.4, -0.2) is 34.3 Å². The molecule has 2 atom stereocenters. The van der Waals surface area contributed by atoms with Crippen molar-refractivity contribution in [3.63, 3.8) is 0 Å². The average Bonchev–Trinajstić information content (AvgIpc) is 3.09. The van der Waals surface area contributed by atoms with Gasteiger partial charge in [0.1, 0.15) is 11.3 Å². The molecule has 2 amide bonds. The molecular weight excluding hydrogens is 310 g/mol. The van der Waals surface area contributed by atoms with Gasteiger partial charge in [-0.3, -0.25) is 14.4 Å². The number of hydrogen-bond donors (Lipinski definition) is 2. The Kier molecular flexibility index (Phi) is 4.24. The van der Waals surface area contributed by atoms with Gasteiger partial charge >= 0.3 is 0 Å². The molecule has 24 heavy (non-hydrogen) atoms. The second kappa shape index (κ2) is 6.35. The molecule has 0 unspecified atom stereocenters. The van der Waals surface area contributed by atoms with Crippen LogP contribution in [-0.2, 0) is 4.79 Å². The largest absolute Gasteiger partial charge is 0.463 e. The van der Waals surface area contributed by atoms with Crippen molar-refractivity contribution in [2.75, 3.05) is 6.54 Å². The van der Waals surface area contributed by atoms with E-state index in [0.717, 1.165) is 0 Å². The zero-order chi connectivity index (χ0) is 17.3. The number of H-pyrrole nitrogens is 1. The van der Waals surface area contributed by atoms with E-state index in [1.165, 1.54) is 12.3 Å². The Balaban J connectivity index is 1.86. The molecule has 2 aromatic heterocycles. The summed E-state index contributed by atoms with van der Waals surface area (Å²) in [5.41, 5.74) is 5.43. The van der Waals surface area contributed by atoms with Crippen LogP contribution in [0.3, 0.4) is 0 Å². The lowest BCUT2D eigenvalue weighted by Gasteiger charge is -2.36. The van der Waals surface area contributed by atoms with Gasteiger partial charge in [-0.05, 0) is 44.0 Å². The highest BCUT2D eigenvalue weighted by Crippen LogP contribution is 2.23. The standard InChI is InChI=1S/C17H19N3O4/c1-10-4-5-11(15(18)21)9-20(10)17(23)12-6-7-13(19-16(12)22)14-3-2-8-24-14/h2-3,6-8,10-11H,4-5,9H2,1H3,(H2,18,21)(H,19,22)/t10-,11-/m0/s1. The molecule has 7 nitrogen and oxygen atoms in total. The third-order valence-electron chi connectivity index (χ3n) is 4.47. The number of carbonyl (C=O) groups excluding carboxylic acids is 2. The minimum Gasteiger partial charge on any atom is -0.463 e. The Labute approximate surface area is 138 Å². The minimum atomic E-state index is -0.484. The van der Waals surface area contributed by atoms with Gasteiger partial charge in [-0.2, -0.15) is 0 Å². The molecule has 3 rings (SSSR count). The van der Waals surface area contributed by atoms with Crippen molar-refractivity contribution in [3.05, 3.63) is 46.4 Å². The highest BCUT2D eigenvalue weighted by molar-refractivity contribution is 5.94. The maximum atomic E-state index is 12.7. The zero-order valence-electron chi connectivity index (χ0n) is 13.3. The lowest BCUT2D eigenvalue weighted by molar-refractivity contribution is -0.123. The van der Waals surface area contributed by atoms with Gasteiger partial charge in [0, 0.05) is 12.6 Å². The summed E-state index contributed by atoms with van der Waals surface area (Å²) in [6.45, 7) is 2.15. The van der Waals surface area contributed by atoms with Gasteiger partial charge in [-0.1, -0.05) is 0 Å². The number of nitrogens with one attached hydrogen (secondary N) is 1. The van der Waals surface area contributed by atoms with Crippen LogP contribution in [0.1, 0.15) is 30.1 Å². The van der Waals surface area contributed by atoms with Gasteiger partial charge in [0.05, 0.1) is 17.9 Å². The number of piperidine rings is 1. The van der Waals surface area contributed by atoms with E-state index < -0.39 is 11.5 Å². The first-order valence-corrected chi connectivity index (χ1v) is 7.85. The van der Waals surface area contributed by atoms with Crippen molar-refractivity contribution in [1.29, 1.82) is 0 Å². The minimum absolute atomic E-state index is 0.0438. The molecule has 0 radical (unpaired) electrons. The smallest absolute Gasteiger partial charge is 0.261 e. The summed E-state index contributed by atoms with van der Waals surface area (Å²) >= 11 is 0. The van der Waals surface area contributed by atoms with Gasteiger partial charge in [0.15, 0.2) is 0 Å². The topological polar surface area (TPSA) is 109 Å². The van der Waals surface area contributed by atoms with Gasteiger partial charge in [-0.25, -0.2) is 0 Å². The van der Waals surface area contributed by atoms with Crippen molar-refractivity contribution < 1.29 is 14.0 Å². The lowest BCUT2D eigenvalue weighted by Crippen LogP contribution is -2.49. The fraction of sp³-hybridized carbons (Fsp3) is 0.353. The number of nitrogens with two attached hydrogens (primary N) is 1. The number of pyridine rings is 1. The number of likely N-dealkylation sites (tertiary alicyclic amines) is 1. The fourth-order valence-electron chi connectivity index (χ4n) is 2.99. The quantitative estimate of drug-likeness (QED) is 0.886. The predicted octanol–water partition coefficient (Wildman–Crippen LogP) is 1.36. The van der Waals surface area contributed by atoms with Crippen LogP contribution < -0.4 is 11.3 Å². The second-order valence-electron chi connectivity index (χ2n) is 6.08. The number of hydrogen-bond acceptors (Lipinski definition) is 4. The maximum Gasteiger partial charge on any atom is 0.261 e. The number of amides is 2. The van der Waals surface area contributed by atoms with Crippen molar-refractivity contribution >= 4 is 11.8 Å². The van der Waals surface area contributed by atoms with E-state index in [0.29, 0.717) is 24.3 Å². The van der Waals surface area contributed by atoms with Crippen molar-refractivity contribution in [3.8, 4) is 11.5 Å². The van der Waals surface area contributed by atoms with E-state index in [4.69, 9.17) is 10.2 Å². The third kappa shape index (κ3) is 2.97. The number of furan rings is 1. The number of aromatic nitrogens is 1. The highest BCUT2D eigenvalue weighted by atomic mass is 16.3. The summed E-state index contributed by atoms with van der Waals surface area (Å²) in [5.74, 6) is -0.652. The van der Waals surface area contributed by atoms with Crippen LogP contribution in [0.5, 0.6) is 0 Å². The average molecular weight is 329 g/mol. The fourth-order valence-corrected chi connectivity index (χ4v) is 2.99. The predicted molar refractivity (Wildman–Crippen MR) is 87.2 cm³/mol. The number of aromatic amines is 1. The van der Waals surface area contributed by atoms with Crippen molar-refractivity contribution in [1.82, 2.24) is 9.88 Å². The molecule has 1 fully saturated rings. The second-order valence-corrected chi connectivity index (χ2v) is 6.08. The van der Waals surface area contributed by atoms with Gasteiger partial charge in [-0.15, -0.1) is 0 Å². The number of primary amides is 1. The Bertz CT molecular complexity index is 809. The molecule has 0 aromatic carbocycles. The van der Waals surface area contributed by atoms with Crippen LogP contribution in [0.2, 0.25) is 0 Å². The van der Waals surface area contributed by atoms with E-state index in [9.17, 15) is 14.4 Å². The molecule has 0 bridgehead atoms. The van der Waals surface area contributed by atoms with Crippen LogP contribution >= 0.6 is 0 Å². The van der Waals surface area contributed by atoms with Crippen LogP contribution in [0, 0.1) is 5.92 Å². The molecule has 1 aliphatic rings. The summed E-state index contributed by atoms with van der Waals surface area (Å²) in [6, 6.07) is 6.51. The summed E-state index contributed by atoms with van der Waals surface area (Å²) in [6.07, 6.45) is 2.85. The third-order valence-corrected chi connectivity index (χ3v) is 4.47. The van der Waals surface area contributed by atoms with E-state index in [-0.39, 0.29) is 30.0 Å². The van der Waals surface area contributed by atoms with E-state index in [2.05, 4.69) is 4.98 Å². The van der Waals surface area contributed by atoms with E-state index >= 15 is 0 Å². The Morgan fingerprint density at radius 1 is 1.29 bits per heavy atom. The SMILES string of the molecule is C[C@H]1CC[C@H](C(N)=O)CN1C(=O)c1ccc(-c2ccco2)[nH]c1=O. The Morgan fingerprint density at radius 3 is 2.71 bits per heavy atom. The first-order valence-electron chi connectivity index (χ1n) is 7.85. The monoisotopic (exact) mass is 329 g/mol. The number of rotatable bonds is 3. The normalized spacial score (nSPS) is 20.8. The molecule has 0 aliphatic carbocycles. The van der Waals surface area contributed by atoms with Gasteiger partial charge in [0.2, 0.25) is 5.91 Å². The zero-order valence-corrected chi connectivity index (χ0v) is 13.3. The summed E-state index contributed by atoms with van der Waals surface area (Å²) < 4.78 is 5.23. The molecule has 1 aliphatic heterocycles. The van der Waals surface area contributed by atoms with Gasteiger partial charge < -0.3 is 20.0 Å². The molecule has 3 heterocycles. The maximum absolute atomic E-state index is 12.7. The Morgan fingerprint density at radius 2 is 2.08 bits per heavy atom. The molecule has 2 aromatic rings. The van der Waals surface area contributed by atoms with E-state index in [1.54, 1.807) is 23.1 Å². The van der Waals surface area contributed by atoms with Crippen LogP contribution in [0.4, 0.5) is 0 Å². The molecule has 0 saturated carbocycles. The summed E-state index contributed by atoms with van der Waals surface area (Å²) in [5, 5.41) is 0. The molecule has 126 valence electrons. The number of carbonyl (C=O) groups is 2. The molecule has 3 N–H and O–H groups in total. The first-order chi connectivity index (χ1) is 11.5. The van der Waals surface area contributed by atoms with Crippen molar-refractivity contribution in [2.45, 2.75) is 25.8 Å². The highest BCUT2D eigenvalue weighted by Gasteiger charge is 2.33. The lowest BCUT2D eigenvalue weighted by atomic mass is 9.92. The molecule has 0 spiro atoms. The molecule has 1 saturated heterocycles. The first kappa shape index (κ1) is 16.0. The van der Waals surface area contributed by atoms with Crippen molar-refractivity contribution in [2.24, 2.45) is 11.7 Å². The van der Waals surface area contributed by atoms with Crippen LogP contribution in [0.15, 0.2) is 39.7 Å². The number of nitrogens with zero attached hydrogens (tertiary/aromatic N) is 1. The molecular formula is C17H19N3O4. The molecule has 7 heteroatoms. The Hall–Kier alpha value is -2.83. The summed E-state index contributed by atoms with van der Waals surface area (Å²) in [4.78, 5) is 40.7. The van der Waals surface area contributed by atoms with Gasteiger partial charge in [0.25, 0.3) is 11.5 Å².